The lowest BCUT2D eigenvalue weighted by atomic mass is 10.2. The molecule has 1 aromatic heterocycles. The van der Waals surface area contributed by atoms with Gasteiger partial charge in [0.2, 0.25) is 0 Å². The van der Waals surface area contributed by atoms with Crippen LogP contribution in [0.1, 0.15) is 5.56 Å². The van der Waals surface area contributed by atoms with E-state index in [0.717, 1.165) is 32.0 Å². The first kappa shape index (κ1) is 13.6. The number of hydrogen-bond donors (Lipinski definition) is 2. The van der Waals surface area contributed by atoms with E-state index in [9.17, 15) is 0 Å². The first-order valence-corrected chi connectivity index (χ1v) is 7.11. The van der Waals surface area contributed by atoms with Gasteiger partial charge in [0.1, 0.15) is 18.0 Å². The Balaban J connectivity index is 1.67. The molecule has 1 saturated heterocycles. The van der Waals surface area contributed by atoms with Gasteiger partial charge in [0, 0.05) is 37.9 Å². The highest BCUT2D eigenvalue weighted by atomic mass is 15.3. The Hall–Kier alpha value is -2.34. The number of anilines is 3. The third-order valence-electron chi connectivity index (χ3n) is 3.77. The summed E-state index contributed by atoms with van der Waals surface area (Å²) in [5.41, 5.74) is 5.15. The highest BCUT2D eigenvalue weighted by Gasteiger charge is 2.18. The normalized spacial score (nSPS) is 15.1. The molecule has 0 radical (unpaired) electrons. The molecule has 0 unspecified atom stereocenters. The Morgan fingerprint density at radius 1 is 1.05 bits per heavy atom. The maximum atomic E-state index is 5.39. The van der Waals surface area contributed by atoms with Crippen molar-refractivity contribution in [2.24, 2.45) is 5.84 Å². The predicted molar refractivity (Wildman–Crippen MR) is 85.4 cm³/mol. The molecule has 6 nitrogen and oxygen atoms in total. The van der Waals surface area contributed by atoms with Gasteiger partial charge in [-0.1, -0.05) is 12.1 Å². The molecule has 1 aliphatic rings. The van der Waals surface area contributed by atoms with Gasteiger partial charge in [0.15, 0.2) is 0 Å². The lowest BCUT2D eigenvalue weighted by Crippen LogP contribution is -2.46. The van der Waals surface area contributed by atoms with E-state index in [1.807, 2.05) is 6.07 Å². The molecule has 1 aliphatic heterocycles. The molecular weight excluding hydrogens is 264 g/mol. The standard InChI is InChI=1S/C15H20N6/c1-12-3-2-4-13(9-12)20-5-7-21(8-6-20)15-10-14(19-16)17-11-18-15/h2-4,9-11H,5-8,16H2,1H3,(H,17,18,19). The van der Waals surface area contributed by atoms with E-state index in [4.69, 9.17) is 5.84 Å². The fraction of sp³-hybridized carbons (Fsp3) is 0.333. The second kappa shape index (κ2) is 5.97. The Morgan fingerprint density at radius 3 is 2.52 bits per heavy atom. The number of nitrogen functional groups attached to an aromatic ring is 1. The van der Waals surface area contributed by atoms with E-state index in [-0.39, 0.29) is 0 Å². The Labute approximate surface area is 124 Å². The predicted octanol–water partition coefficient (Wildman–Crippen LogP) is 1.40. The average molecular weight is 284 g/mol. The van der Waals surface area contributed by atoms with Crippen LogP contribution in [0.25, 0.3) is 0 Å². The van der Waals surface area contributed by atoms with Crippen molar-refractivity contribution < 1.29 is 0 Å². The van der Waals surface area contributed by atoms with Gasteiger partial charge in [-0.05, 0) is 24.6 Å². The average Bonchev–Trinajstić information content (AvgIpc) is 2.55. The van der Waals surface area contributed by atoms with E-state index < -0.39 is 0 Å². The third-order valence-corrected chi connectivity index (χ3v) is 3.77. The van der Waals surface area contributed by atoms with Crippen molar-refractivity contribution in [3.05, 3.63) is 42.2 Å². The first-order chi connectivity index (χ1) is 10.3. The van der Waals surface area contributed by atoms with Crippen LogP contribution in [-0.4, -0.2) is 36.1 Å². The molecule has 0 amide bonds. The minimum Gasteiger partial charge on any atom is -0.368 e. The number of nitrogens with zero attached hydrogens (tertiary/aromatic N) is 4. The monoisotopic (exact) mass is 284 g/mol. The van der Waals surface area contributed by atoms with Gasteiger partial charge in [0.05, 0.1) is 0 Å². The minimum absolute atomic E-state index is 0.640. The summed E-state index contributed by atoms with van der Waals surface area (Å²) in [6.07, 6.45) is 1.54. The molecule has 0 aliphatic carbocycles. The Morgan fingerprint density at radius 2 is 1.81 bits per heavy atom. The fourth-order valence-corrected chi connectivity index (χ4v) is 2.62. The van der Waals surface area contributed by atoms with Crippen LogP contribution in [0.2, 0.25) is 0 Å². The van der Waals surface area contributed by atoms with E-state index in [1.54, 1.807) is 0 Å². The summed E-state index contributed by atoms with van der Waals surface area (Å²) in [4.78, 5) is 13.0. The summed E-state index contributed by atoms with van der Waals surface area (Å²) in [6, 6.07) is 10.5. The lowest BCUT2D eigenvalue weighted by Gasteiger charge is -2.36. The maximum Gasteiger partial charge on any atom is 0.145 e. The summed E-state index contributed by atoms with van der Waals surface area (Å²) >= 11 is 0. The maximum absolute atomic E-state index is 5.39. The molecule has 1 aromatic carbocycles. The van der Waals surface area contributed by atoms with Gasteiger partial charge >= 0.3 is 0 Å². The SMILES string of the molecule is Cc1cccc(N2CCN(c3cc(NN)ncn3)CC2)c1. The van der Waals surface area contributed by atoms with Crippen molar-refractivity contribution in [2.75, 3.05) is 41.4 Å². The summed E-state index contributed by atoms with van der Waals surface area (Å²) in [5, 5.41) is 0. The van der Waals surface area contributed by atoms with Crippen LogP contribution >= 0.6 is 0 Å². The first-order valence-electron chi connectivity index (χ1n) is 7.11. The molecule has 1 fully saturated rings. The second-order valence-corrected chi connectivity index (χ2v) is 5.22. The zero-order valence-electron chi connectivity index (χ0n) is 12.2. The molecule has 3 N–H and O–H groups in total. The van der Waals surface area contributed by atoms with Gasteiger partial charge in [-0.15, -0.1) is 0 Å². The lowest BCUT2D eigenvalue weighted by molar-refractivity contribution is 0.647. The van der Waals surface area contributed by atoms with E-state index in [1.165, 1.54) is 17.6 Å². The zero-order valence-corrected chi connectivity index (χ0v) is 12.2. The molecule has 0 saturated carbocycles. The second-order valence-electron chi connectivity index (χ2n) is 5.22. The van der Waals surface area contributed by atoms with Crippen LogP contribution in [0, 0.1) is 6.92 Å². The van der Waals surface area contributed by atoms with Crippen LogP contribution in [0.4, 0.5) is 17.3 Å². The minimum atomic E-state index is 0.640. The van der Waals surface area contributed by atoms with E-state index >= 15 is 0 Å². The van der Waals surface area contributed by atoms with Crippen LogP contribution in [0.15, 0.2) is 36.7 Å². The van der Waals surface area contributed by atoms with E-state index in [2.05, 4.69) is 56.4 Å². The molecule has 110 valence electrons. The Kier molecular flexibility index (Phi) is 3.87. The molecule has 6 heteroatoms. The number of nitrogens with one attached hydrogen (secondary N) is 1. The summed E-state index contributed by atoms with van der Waals surface area (Å²) in [6.45, 7) is 5.98. The van der Waals surface area contributed by atoms with Gasteiger partial charge in [0.25, 0.3) is 0 Å². The molecule has 21 heavy (non-hydrogen) atoms. The Bertz CT molecular complexity index is 607. The third kappa shape index (κ3) is 3.05. The molecule has 0 bridgehead atoms. The molecule has 0 atom stereocenters. The summed E-state index contributed by atoms with van der Waals surface area (Å²) in [7, 11) is 0. The van der Waals surface area contributed by atoms with E-state index in [0.29, 0.717) is 5.82 Å². The molecule has 2 heterocycles. The zero-order chi connectivity index (χ0) is 14.7. The molecule has 3 rings (SSSR count). The topological polar surface area (TPSA) is 70.3 Å². The smallest absolute Gasteiger partial charge is 0.145 e. The van der Waals surface area contributed by atoms with Gasteiger partial charge in [-0.2, -0.15) is 0 Å². The van der Waals surface area contributed by atoms with Crippen molar-refractivity contribution >= 4 is 17.3 Å². The number of benzene rings is 1. The summed E-state index contributed by atoms with van der Waals surface area (Å²) in [5.74, 6) is 6.95. The quantitative estimate of drug-likeness (QED) is 0.656. The number of nitrogens with two attached hydrogens (primary N) is 1. The number of hydrazine groups is 1. The number of aromatic nitrogens is 2. The summed E-state index contributed by atoms with van der Waals surface area (Å²) < 4.78 is 0. The number of hydrogen-bond acceptors (Lipinski definition) is 6. The number of piperazine rings is 1. The van der Waals surface area contributed by atoms with Crippen molar-refractivity contribution in [1.29, 1.82) is 0 Å². The largest absolute Gasteiger partial charge is 0.368 e. The molecular formula is C15H20N6. The van der Waals surface area contributed by atoms with Gasteiger partial charge < -0.3 is 15.2 Å². The van der Waals surface area contributed by atoms with Crippen LogP contribution in [-0.2, 0) is 0 Å². The van der Waals surface area contributed by atoms with Crippen LogP contribution < -0.4 is 21.1 Å². The van der Waals surface area contributed by atoms with Gasteiger partial charge in [-0.25, -0.2) is 15.8 Å². The van der Waals surface area contributed by atoms with Crippen molar-refractivity contribution in [3.63, 3.8) is 0 Å². The van der Waals surface area contributed by atoms with Crippen molar-refractivity contribution in [3.8, 4) is 0 Å². The van der Waals surface area contributed by atoms with Crippen LogP contribution in [0.5, 0.6) is 0 Å². The number of aryl methyl sites for hydroxylation is 1. The fourth-order valence-electron chi connectivity index (χ4n) is 2.62. The molecule has 0 spiro atoms. The van der Waals surface area contributed by atoms with Crippen molar-refractivity contribution in [1.82, 2.24) is 9.97 Å². The number of rotatable bonds is 3. The van der Waals surface area contributed by atoms with Crippen molar-refractivity contribution in [2.45, 2.75) is 6.92 Å². The highest BCUT2D eigenvalue weighted by molar-refractivity contribution is 5.52. The highest BCUT2D eigenvalue weighted by Crippen LogP contribution is 2.20. The molecule has 2 aromatic rings. The van der Waals surface area contributed by atoms with Gasteiger partial charge in [-0.3, -0.25) is 0 Å². The van der Waals surface area contributed by atoms with Crippen LogP contribution in [0.3, 0.4) is 0 Å².